The van der Waals surface area contributed by atoms with Crippen molar-refractivity contribution in [3.63, 3.8) is 0 Å². The SMILES string of the molecule is C=C(COC)C(=O)Cc1cccc(CC(=C)C(=O)C(C)C)c1. The lowest BCUT2D eigenvalue weighted by atomic mass is 9.95. The number of Topliss-reactive ketones (excluding diaryl/α,β-unsaturated/α-hetero) is 2. The van der Waals surface area contributed by atoms with Crippen LogP contribution in [0.15, 0.2) is 48.6 Å². The number of ether oxygens (including phenoxy) is 1. The van der Waals surface area contributed by atoms with E-state index in [0.717, 1.165) is 11.1 Å². The highest BCUT2D eigenvalue weighted by Gasteiger charge is 2.13. The summed E-state index contributed by atoms with van der Waals surface area (Å²) >= 11 is 0. The molecule has 0 saturated heterocycles. The van der Waals surface area contributed by atoms with Crippen LogP contribution in [0.3, 0.4) is 0 Å². The predicted molar refractivity (Wildman–Crippen MR) is 88.9 cm³/mol. The van der Waals surface area contributed by atoms with Crippen molar-refractivity contribution in [2.45, 2.75) is 26.7 Å². The fourth-order valence-corrected chi connectivity index (χ4v) is 2.16. The van der Waals surface area contributed by atoms with Gasteiger partial charge in [0.2, 0.25) is 0 Å². The number of carbonyl (C=O) groups excluding carboxylic acids is 2. The van der Waals surface area contributed by atoms with Gasteiger partial charge < -0.3 is 4.74 Å². The molecule has 0 bridgehead atoms. The number of benzene rings is 1. The maximum absolute atomic E-state index is 12.0. The first-order valence-electron chi connectivity index (χ1n) is 7.34. The molecule has 1 aromatic rings. The number of methoxy groups -OCH3 is 1. The molecule has 0 atom stereocenters. The van der Waals surface area contributed by atoms with Crippen LogP contribution in [0.5, 0.6) is 0 Å². The van der Waals surface area contributed by atoms with Gasteiger partial charge in [0, 0.05) is 31.4 Å². The van der Waals surface area contributed by atoms with Crippen LogP contribution in [0.25, 0.3) is 0 Å². The maximum atomic E-state index is 12.0. The van der Waals surface area contributed by atoms with Crippen LogP contribution in [0.4, 0.5) is 0 Å². The van der Waals surface area contributed by atoms with E-state index in [1.807, 2.05) is 38.1 Å². The number of rotatable bonds is 9. The van der Waals surface area contributed by atoms with Crippen molar-refractivity contribution in [1.29, 1.82) is 0 Å². The van der Waals surface area contributed by atoms with Crippen LogP contribution in [-0.4, -0.2) is 25.3 Å². The van der Waals surface area contributed by atoms with Crippen LogP contribution in [-0.2, 0) is 27.2 Å². The molecule has 0 unspecified atom stereocenters. The molecule has 1 aromatic carbocycles. The van der Waals surface area contributed by atoms with Gasteiger partial charge in [0.25, 0.3) is 0 Å². The highest BCUT2D eigenvalue weighted by atomic mass is 16.5. The Labute approximate surface area is 132 Å². The third-order valence-corrected chi connectivity index (χ3v) is 3.36. The highest BCUT2D eigenvalue weighted by molar-refractivity contribution is 5.97. The van der Waals surface area contributed by atoms with Crippen LogP contribution in [0.2, 0.25) is 0 Å². The molecule has 3 heteroatoms. The lowest BCUT2D eigenvalue weighted by molar-refractivity contribution is -0.118. The molecule has 0 radical (unpaired) electrons. The Hall–Kier alpha value is -2.00. The Morgan fingerprint density at radius 3 is 2.23 bits per heavy atom. The van der Waals surface area contributed by atoms with Gasteiger partial charge in [-0.15, -0.1) is 0 Å². The lowest BCUT2D eigenvalue weighted by Crippen LogP contribution is -2.12. The number of hydrogen-bond acceptors (Lipinski definition) is 3. The summed E-state index contributed by atoms with van der Waals surface area (Å²) in [6.07, 6.45) is 0.804. The number of ketones is 2. The largest absolute Gasteiger partial charge is 0.380 e. The highest BCUT2D eigenvalue weighted by Crippen LogP contribution is 2.14. The molecule has 0 aromatic heterocycles. The molecule has 0 aliphatic carbocycles. The van der Waals surface area contributed by atoms with Crippen LogP contribution < -0.4 is 0 Å². The van der Waals surface area contributed by atoms with E-state index >= 15 is 0 Å². The topological polar surface area (TPSA) is 43.4 Å². The molecule has 1 rings (SSSR count). The Balaban J connectivity index is 2.74. The molecule has 0 aliphatic heterocycles. The van der Waals surface area contributed by atoms with Crippen LogP contribution in [0.1, 0.15) is 25.0 Å². The van der Waals surface area contributed by atoms with Gasteiger partial charge >= 0.3 is 0 Å². The smallest absolute Gasteiger partial charge is 0.164 e. The van der Waals surface area contributed by atoms with E-state index in [-0.39, 0.29) is 24.1 Å². The fourth-order valence-electron chi connectivity index (χ4n) is 2.16. The molecule has 0 saturated carbocycles. The van der Waals surface area contributed by atoms with Gasteiger partial charge in [-0.3, -0.25) is 9.59 Å². The molecule has 0 amide bonds. The van der Waals surface area contributed by atoms with Gasteiger partial charge in [0.05, 0.1) is 6.61 Å². The van der Waals surface area contributed by atoms with E-state index in [2.05, 4.69) is 13.2 Å². The minimum atomic E-state index is -0.0466. The second-order valence-corrected chi connectivity index (χ2v) is 5.76. The predicted octanol–water partition coefficient (Wildman–Crippen LogP) is 3.32. The minimum absolute atomic E-state index is 0.0314. The van der Waals surface area contributed by atoms with E-state index < -0.39 is 0 Å². The summed E-state index contributed by atoms with van der Waals surface area (Å²) in [4.78, 5) is 23.9. The molecule has 0 spiro atoms. The molecule has 3 nitrogen and oxygen atoms in total. The number of allylic oxidation sites excluding steroid dienone is 1. The summed E-state index contributed by atoms with van der Waals surface area (Å²) in [6, 6.07) is 7.67. The van der Waals surface area contributed by atoms with Crippen molar-refractivity contribution in [1.82, 2.24) is 0 Å². The maximum Gasteiger partial charge on any atom is 0.164 e. The van der Waals surface area contributed by atoms with Crippen molar-refractivity contribution in [2.24, 2.45) is 5.92 Å². The van der Waals surface area contributed by atoms with E-state index in [4.69, 9.17) is 4.74 Å². The fraction of sp³-hybridized carbons (Fsp3) is 0.368. The molecular weight excluding hydrogens is 276 g/mol. The zero-order chi connectivity index (χ0) is 16.7. The van der Waals surface area contributed by atoms with Crippen molar-refractivity contribution in [2.75, 3.05) is 13.7 Å². The van der Waals surface area contributed by atoms with Gasteiger partial charge in [0.15, 0.2) is 11.6 Å². The Morgan fingerprint density at radius 1 is 1.09 bits per heavy atom. The Bertz CT molecular complexity index is 582. The Kier molecular flexibility index (Phi) is 6.93. The van der Waals surface area contributed by atoms with Gasteiger partial charge in [-0.2, -0.15) is 0 Å². The zero-order valence-corrected chi connectivity index (χ0v) is 13.6. The normalized spacial score (nSPS) is 10.5. The standard InChI is InChI=1S/C19H24O3/c1-13(2)19(21)14(3)9-16-7-6-8-17(10-16)11-18(20)15(4)12-22-5/h6-8,10,13H,3-4,9,11-12H2,1-2,5H3. The van der Waals surface area contributed by atoms with Gasteiger partial charge in [-0.05, 0) is 16.7 Å². The first kappa shape index (κ1) is 18.1. The number of carbonyl (C=O) groups is 2. The first-order chi connectivity index (χ1) is 10.3. The molecule has 0 fully saturated rings. The summed E-state index contributed by atoms with van der Waals surface area (Å²) in [5.74, 6) is 0.000614. The molecule has 0 heterocycles. The average molecular weight is 300 g/mol. The third kappa shape index (κ3) is 5.41. The molecule has 118 valence electrons. The molecule has 0 N–H and O–H groups in total. The summed E-state index contributed by atoms with van der Waals surface area (Å²) in [5, 5.41) is 0. The Morgan fingerprint density at radius 2 is 1.68 bits per heavy atom. The van der Waals surface area contributed by atoms with Crippen LogP contribution in [0, 0.1) is 5.92 Å². The van der Waals surface area contributed by atoms with Gasteiger partial charge in [0.1, 0.15) is 0 Å². The second-order valence-electron chi connectivity index (χ2n) is 5.76. The monoisotopic (exact) mass is 300 g/mol. The third-order valence-electron chi connectivity index (χ3n) is 3.36. The van der Waals surface area contributed by atoms with Crippen LogP contribution >= 0.6 is 0 Å². The summed E-state index contributed by atoms with van der Waals surface area (Å²) in [7, 11) is 1.54. The van der Waals surface area contributed by atoms with Crippen molar-refractivity contribution >= 4 is 11.6 Å². The summed E-state index contributed by atoms with van der Waals surface area (Å²) in [6.45, 7) is 11.6. The first-order valence-corrected chi connectivity index (χ1v) is 7.34. The zero-order valence-electron chi connectivity index (χ0n) is 13.6. The van der Waals surface area contributed by atoms with Crippen molar-refractivity contribution < 1.29 is 14.3 Å². The summed E-state index contributed by atoms with van der Waals surface area (Å²) < 4.78 is 4.92. The lowest BCUT2D eigenvalue weighted by Gasteiger charge is -2.09. The van der Waals surface area contributed by atoms with E-state index in [9.17, 15) is 9.59 Å². The average Bonchev–Trinajstić information content (AvgIpc) is 2.46. The summed E-state index contributed by atoms with van der Waals surface area (Å²) in [5.41, 5.74) is 2.96. The van der Waals surface area contributed by atoms with Crippen molar-refractivity contribution in [3.05, 3.63) is 59.7 Å². The molecule has 0 aliphatic rings. The second kappa shape index (κ2) is 8.44. The molecule has 22 heavy (non-hydrogen) atoms. The van der Waals surface area contributed by atoms with Gasteiger partial charge in [-0.1, -0.05) is 51.3 Å². The van der Waals surface area contributed by atoms with E-state index in [1.165, 1.54) is 7.11 Å². The quantitative estimate of drug-likeness (QED) is 0.657. The van der Waals surface area contributed by atoms with Crippen molar-refractivity contribution in [3.8, 4) is 0 Å². The number of hydrogen-bond donors (Lipinski definition) is 0. The van der Waals surface area contributed by atoms with Gasteiger partial charge in [-0.25, -0.2) is 0 Å². The minimum Gasteiger partial charge on any atom is -0.380 e. The van der Waals surface area contributed by atoms with E-state index in [1.54, 1.807) is 0 Å². The molecular formula is C19H24O3. The van der Waals surface area contributed by atoms with E-state index in [0.29, 0.717) is 24.0 Å².